The molecule has 1 unspecified atom stereocenters. The molecule has 0 saturated carbocycles. The van der Waals surface area contributed by atoms with Crippen molar-refractivity contribution >= 4 is 17.9 Å². The molecule has 1 amide bonds. The molecular formula is C11H20NO2S. The Morgan fingerprint density at radius 3 is 2.80 bits per heavy atom. The highest BCUT2D eigenvalue weighted by molar-refractivity contribution is 8.00. The lowest BCUT2D eigenvalue weighted by atomic mass is 10.2. The SMILES string of the molecule is [CH2]CSC1CCN(C(=O)OC(C)(C)C)C1. The number of carbonyl (C=O) groups is 1. The van der Waals surface area contributed by atoms with Crippen LogP contribution in [0.2, 0.25) is 0 Å². The molecule has 0 N–H and O–H groups in total. The second-order valence-electron chi connectivity index (χ2n) is 4.71. The lowest BCUT2D eigenvalue weighted by Gasteiger charge is -2.24. The van der Waals surface area contributed by atoms with Crippen LogP contribution >= 0.6 is 11.8 Å². The van der Waals surface area contributed by atoms with Crippen LogP contribution in [0.4, 0.5) is 4.79 Å². The normalized spacial score (nSPS) is 21.9. The van der Waals surface area contributed by atoms with Gasteiger partial charge in [-0.2, -0.15) is 11.8 Å². The molecule has 15 heavy (non-hydrogen) atoms. The molecule has 0 aliphatic carbocycles. The van der Waals surface area contributed by atoms with Crippen molar-refractivity contribution in [1.29, 1.82) is 0 Å². The van der Waals surface area contributed by atoms with Gasteiger partial charge in [-0.3, -0.25) is 0 Å². The van der Waals surface area contributed by atoms with Crippen LogP contribution in [0.3, 0.4) is 0 Å². The summed E-state index contributed by atoms with van der Waals surface area (Å²) in [7, 11) is 0. The molecule has 1 heterocycles. The van der Waals surface area contributed by atoms with Crippen LogP contribution < -0.4 is 0 Å². The molecule has 0 spiro atoms. The van der Waals surface area contributed by atoms with Gasteiger partial charge in [0, 0.05) is 18.3 Å². The van der Waals surface area contributed by atoms with E-state index in [1.807, 2.05) is 32.5 Å². The summed E-state index contributed by atoms with van der Waals surface area (Å²) < 4.78 is 5.31. The molecule has 0 bridgehead atoms. The van der Waals surface area contributed by atoms with Crippen LogP contribution in [-0.4, -0.2) is 40.7 Å². The molecule has 4 heteroatoms. The maximum atomic E-state index is 11.7. The van der Waals surface area contributed by atoms with E-state index >= 15 is 0 Å². The van der Waals surface area contributed by atoms with Gasteiger partial charge in [0.15, 0.2) is 0 Å². The van der Waals surface area contributed by atoms with Crippen molar-refractivity contribution in [3.63, 3.8) is 0 Å². The van der Waals surface area contributed by atoms with E-state index in [2.05, 4.69) is 6.92 Å². The number of likely N-dealkylation sites (tertiary alicyclic amines) is 1. The lowest BCUT2D eigenvalue weighted by molar-refractivity contribution is 0.0295. The number of amides is 1. The highest BCUT2D eigenvalue weighted by Crippen LogP contribution is 2.23. The van der Waals surface area contributed by atoms with E-state index in [4.69, 9.17) is 4.74 Å². The number of carbonyl (C=O) groups excluding carboxylic acids is 1. The number of rotatable bonds is 2. The van der Waals surface area contributed by atoms with Crippen LogP contribution in [0.1, 0.15) is 27.2 Å². The standard InChI is InChI=1S/C11H20NO2S/c1-5-15-9-6-7-12(8-9)10(13)14-11(2,3)4/h9H,1,5-8H2,2-4H3. The summed E-state index contributed by atoms with van der Waals surface area (Å²) in [6, 6.07) is 0. The quantitative estimate of drug-likeness (QED) is 0.730. The zero-order valence-electron chi connectivity index (χ0n) is 9.78. The number of nitrogens with zero attached hydrogens (tertiary/aromatic N) is 1. The molecule has 1 aliphatic heterocycles. The Balaban J connectivity index is 2.37. The fourth-order valence-corrected chi connectivity index (χ4v) is 2.41. The predicted octanol–water partition coefficient (Wildman–Crippen LogP) is 2.56. The van der Waals surface area contributed by atoms with Gasteiger partial charge in [0.25, 0.3) is 0 Å². The fraction of sp³-hybridized carbons (Fsp3) is 0.818. The summed E-state index contributed by atoms with van der Waals surface area (Å²) in [5.41, 5.74) is -0.394. The van der Waals surface area contributed by atoms with Crippen molar-refractivity contribution in [2.75, 3.05) is 18.8 Å². The Bertz CT molecular complexity index is 225. The highest BCUT2D eigenvalue weighted by atomic mass is 32.2. The maximum absolute atomic E-state index is 11.7. The zero-order valence-corrected chi connectivity index (χ0v) is 10.6. The molecule has 0 aromatic rings. The lowest BCUT2D eigenvalue weighted by Crippen LogP contribution is -2.35. The van der Waals surface area contributed by atoms with E-state index in [-0.39, 0.29) is 6.09 Å². The van der Waals surface area contributed by atoms with Crippen LogP contribution in [0, 0.1) is 6.92 Å². The van der Waals surface area contributed by atoms with Crippen molar-refractivity contribution < 1.29 is 9.53 Å². The largest absolute Gasteiger partial charge is 0.444 e. The fourth-order valence-electron chi connectivity index (χ4n) is 1.52. The topological polar surface area (TPSA) is 29.5 Å². The minimum absolute atomic E-state index is 0.185. The average molecular weight is 230 g/mol. The van der Waals surface area contributed by atoms with Gasteiger partial charge >= 0.3 is 6.09 Å². The van der Waals surface area contributed by atoms with Gasteiger partial charge in [-0.25, -0.2) is 4.79 Å². The third-order valence-electron chi connectivity index (χ3n) is 2.15. The Kier molecular flexibility index (Phi) is 4.32. The Hall–Kier alpha value is -0.380. The molecule has 1 radical (unpaired) electrons. The minimum Gasteiger partial charge on any atom is -0.444 e. The van der Waals surface area contributed by atoms with Gasteiger partial charge in [-0.1, -0.05) is 0 Å². The number of hydrogen-bond donors (Lipinski definition) is 0. The first-order valence-electron chi connectivity index (χ1n) is 5.31. The highest BCUT2D eigenvalue weighted by Gasteiger charge is 2.29. The van der Waals surface area contributed by atoms with Crippen molar-refractivity contribution in [3.8, 4) is 0 Å². The van der Waals surface area contributed by atoms with Crippen molar-refractivity contribution in [1.82, 2.24) is 4.90 Å². The smallest absolute Gasteiger partial charge is 0.410 e. The maximum Gasteiger partial charge on any atom is 0.410 e. The summed E-state index contributed by atoms with van der Waals surface area (Å²) in [4.78, 5) is 13.5. The molecule has 3 nitrogen and oxygen atoms in total. The molecule has 1 aliphatic rings. The third-order valence-corrected chi connectivity index (χ3v) is 3.24. The first-order valence-corrected chi connectivity index (χ1v) is 6.36. The Morgan fingerprint density at radius 1 is 1.60 bits per heavy atom. The molecule has 1 fully saturated rings. The molecule has 0 aromatic heterocycles. The molecule has 1 saturated heterocycles. The van der Waals surface area contributed by atoms with Crippen LogP contribution in [0.15, 0.2) is 0 Å². The number of ether oxygens (including phenoxy) is 1. The van der Waals surface area contributed by atoms with E-state index in [0.717, 1.165) is 25.3 Å². The Morgan fingerprint density at radius 2 is 2.27 bits per heavy atom. The molecular weight excluding hydrogens is 210 g/mol. The second kappa shape index (κ2) is 5.10. The van der Waals surface area contributed by atoms with Crippen molar-refractivity contribution in [2.45, 2.75) is 38.0 Å². The minimum atomic E-state index is -0.394. The summed E-state index contributed by atoms with van der Waals surface area (Å²) >= 11 is 1.82. The Labute approximate surface area is 96.5 Å². The first kappa shape index (κ1) is 12.7. The van der Waals surface area contributed by atoms with Gasteiger partial charge in [-0.05, 0) is 39.9 Å². The van der Waals surface area contributed by atoms with Crippen LogP contribution in [0.25, 0.3) is 0 Å². The van der Waals surface area contributed by atoms with Gasteiger partial charge in [-0.15, -0.1) is 0 Å². The molecule has 1 atom stereocenters. The van der Waals surface area contributed by atoms with Gasteiger partial charge in [0.05, 0.1) is 0 Å². The van der Waals surface area contributed by atoms with Gasteiger partial charge in [0.2, 0.25) is 0 Å². The second-order valence-corrected chi connectivity index (χ2v) is 6.12. The average Bonchev–Trinajstić information content (AvgIpc) is 2.50. The van der Waals surface area contributed by atoms with Gasteiger partial charge < -0.3 is 9.64 Å². The molecule has 0 aromatic carbocycles. The van der Waals surface area contributed by atoms with Crippen molar-refractivity contribution in [3.05, 3.63) is 6.92 Å². The van der Waals surface area contributed by atoms with E-state index in [1.165, 1.54) is 0 Å². The molecule has 1 rings (SSSR count). The summed E-state index contributed by atoms with van der Waals surface area (Å²) in [6.45, 7) is 11.1. The summed E-state index contributed by atoms with van der Waals surface area (Å²) in [5.74, 6) is 0.868. The van der Waals surface area contributed by atoms with E-state index < -0.39 is 5.60 Å². The zero-order chi connectivity index (χ0) is 11.5. The van der Waals surface area contributed by atoms with Crippen LogP contribution in [-0.2, 0) is 4.74 Å². The summed E-state index contributed by atoms with van der Waals surface area (Å²) in [6.07, 6.45) is 0.869. The number of hydrogen-bond acceptors (Lipinski definition) is 3. The van der Waals surface area contributed by atoms with Crippen LogP contribution in [0.5, 0.6) is 0 Å². The third kappa shape index (κ3) is 4.33. The molecule has 87 valence electrons. The van der Waals surface area contributed by atoms with Gasteiger partial charge in [0.1, 0.15) is 5.60 Å². The van der Waals surface area contributed by atoms with E-state index in [9.17, 15) is 4.79 Å². The van der Waals surface area contributed by atoms with E-state index in [1.54, 1.807) is 4.90 Å². The van der Waals surface area contributed by atoms with Crippen molar-refractivity contribution in [2.24, 2.45) is 0 Å². The summed E-state index contributed by atoms with van der Waals surface area (Å²) in [5, 5.41) is 0.537. The predicted molar refractivity (Wildman–Crippen MR) is 64.0 cm³/mol. The monoisotopic (exact) mass is 230 g/mol. The van der Waals surface area contributed by atoms with E-state index in [0.29, 0.717) is 5.25 Å². The first-order chi connectivity index (χ1) is 6.92. The number of thioether (sulfide) groups is 1.